The number of nitrogens with one attached hydrogen (secondary N) is 2. The van der Waals surface area contributed by atoms with Crippen LogP contribution >= 0.6 is 24.0 Å². The maximum Gasteiger partial charge on any atom is 0.401 e. The molecule has 2 aliphatic heterocycles. The van der Waals surface area contributed by atoms with Crippen LogP contribution in [0.3, 0.4) is 0 Å². The molecule has 0 aromatic heterocycles. The van der Waals surface area contributed by atoms with E-state index in [1.165, 1.54) is 11.3 Å². The van der Waals surface area contributed by atoms with Gasteiger partial charge in [-0.1, -0.05) is 12.1 Å². The highest BCUT2D eigenvalue weighted by Gasteiger charge is 2.34. The van der Waals surface area contributed by atoms with Gasteiger partial charge in [-0.3, -0.25) is 14.7 Å². The van der Waals surface area contributed by atoms with Gasteiger partial charge in [-0.05, 0) is 43.4 Å². The Balaban J connectivity index is 0.00000341. The average Bonchev–Trinajstić information content (AvgIpc) is 3.16. The lowest BCUT2D eigenvalue weighted by Gasteiger charge is -2.26. The average molecular weight is 553 g/mol. The van der Waals surface area contributed by atoms with Gasteiger partial charge in [-0.15, -0.1) is 24.0 Å². The lowest BCUT2D eigenvalue weighted by molar-refractivity contribution is -0.143. The highest BCUT2D eigenvalue weighted by molar-refractivity contribution is 14.0. The number of benzene rings is 1. The SMILES string of the molecule is CN=C(NCc1ccc(C(=O)N2CCCCC2)cc1)NC1CCN(CC(F)(F)F)C1.I. The van der Waals surface area contributed by atoms with Crippen molar-refractivity contribution >= 4 is 35.8 Å². The second-order valence-corrected chi connectivity index (χ2v) is 7.96. The summed E-state index contributed by atoms with van der Waals surface area (Å²) >= 11 is 0. The van der Waals surface area contributed by atoms with Crippen LogP contribution in [-0.4, -0.2) is 73.7 Å². The van der Waals surface area contributed by atoms with Gasteiger partial charge >= 0.3 is 6.18 Å². The Labute approximate surface area is 198 Å². The first kappa shape index (κ1) is 25.7. The largest absolute Gasteiger partial charge is 0.401 e. The van der Waals surface area contributed by atoms with Gasteiger partial charge in [0.2, 0.25) is 0 Å². The second-order valence-electron chi connectivity index (χ2n) is 7.96. The number of carbonyl (C=O) groups excluding carboxylic acids is 1. The molecule has 6 nitrogen and oxygen atoms in total. The quantitative estimate of drug-likeness (QED) is 0.334. The summed E-state index contributed by atoms with van der Waals surface area (Å²) in [6, 6.07) is 7.45. The molecule has 2 aliphatic rings. The first-order chi connectivity index (χ1) is 14.3. The van der Waals surface area contributed by atoms with Crippen molar-refractivity contribution in [1.29, 1.82) is 0 Å². The molecular weight excluding hydrogens is 522 g/mol. The van der Waals surface area contributed by atoms with E-state index in [1.807, 2.05) is 29.2 Å². The van der Waals surface area contributed by atoms with Crippen LogP contribution in [-0.2, 0) is 6.54 Å². The number of amides is 1. The summed E-state index contributed by atoms with van der Waals surface area (Å²) in [6.45, 7) is 2.04. The summed E-state index contributed by atoms with van der Waals surface area (Å²) < 4.78 is 37.6. The smallest absolute Gasteiger partial charge is 0.352 e. The monoisotopic (exact) mass is 553 g/mol. The zero-order valence-corrected chi connectivity index (χ0v) is 20.1. The van der Waals surface area contributed by atoms with Gasteiger partial charge in [0.25, 0.3) is 5.91 Å². The molecule has 0 radical (unpaired) electrons. The number of hydrogen-bond donors (Lipinski definition) is 2. The Morgan fingerprint density at radius 2 is 1.81 bits per heavy atom. The van der Waals surface area contributed by atoms with Gasteiger partial charge in [0, 0.05) is 51.4 Å². The number of guanidine groups is 1. The van der Waals surface area contributed by atoms with Crippen molar-refractivity contribution in [2.75, 3.05) is 39.8 Å². The number of rotatable bonds is 5. The number of alkyl halides is 3. The van der Waals surface area contributed by atoms with E-state index in [1.54, 1.807) is 7.05 Å². The minimum Gasteiger partial charge on any atom is -0.352 e. The molecule has 0 aliphatic carbocycles. The maximum absolute atomic E-state index is 12.5. The third-order valence-electron chi connectivity index (χ3n) is 5.54. The zero-order valence-electron chi connectivity index (χ0n) is 17.7. The summed E-state index contributed by atoms with van der Waals surface area (Å²) in [6.07, 6.45) is -0.213. The normalized spacial score (nSPS) is 20.3. The first-order valence-corrected chi connectivity index (χ1v) is 10.5. The molecule has 2 N–H and O–H groups in total. The predicted molar refractivity (Wildman–Crippen MR) is 126 cm³/mol. The molecule has 1 aromatic rings. The van der Waals surface area contributed by atoms with Crippen LogP contribution in [0.2, 0.25) is 0 Å². The number of likely N-dealkylation sites (tertiary alicyclic amines) is 2. The Morgan fingerprint density at radius 3 is 2.42 bits per heavy atom. The Hall–Kier alpha value is -1.56. The van der Waals surface area contributed by atoms with Crippen molar-refractivity contribution in [3.63, 3.8) is 0 Å². The molecule has 1 amide bonds. The van der Waals surface area contributed by atoms with E-state index in [-0.39, 0.29) is 35.9 Å². The van der Waals surface area contributed by atoms with Gasteiger partial charge in [0.15, 0.2) is 5.96 Å². The molecular formula is C21H31F3IN5O. The zero-order chi connectivity index (χ0) is 21.6. The minimum absolute atomic E-state index is 0. The molecule has 0 spiro atoms. The Bertz CT molecular complexity index is 736. The van der Waals surface area contributed by atoms with Gasteiger partial charge in [-0.2, -0.15) is 13.2 Å². The van der Waals surface area contributed by atoms with Gasteiger partial charge in [0.1, 0.15) is 0 Å². The van der Waals surface area contributed by atoms with Crippen LogP contribution in [0.25, 0.3) is 0 Å². The van der Waals surface area contributed by atoms with Crippen molar-refractivity contribution in [2.24, 2.45) is 4.99 Å². The molecule has 1 atom stereocenters. The molecule has 174 valence electrons. The van der Waals surface area contributed by atoms with Crippen LogP contribution in [0, 0.1) is 0 Å². The second kappa shape index (κ2) is 11.9. The fraction of sp³-hybridized carbons (Fsp3) is 0.619. The van der Waals surface area contributed by atoms with Crippen LogP contribution < -0.4 is 10.6 Å². The number of piperidine rings is 1. The van der Waals surface area contributed by atoms with Crippen LogP contribution in [0.4, 0.5) is 13.2 Å². The lowest BCUT2D eigenvalue weighted by atomic mass is 10.1. The van der Waals surface area contributed by atoms with Crippen molar-refractivity contribution in [2.45, 2.75) is 44.4 Å². The van der Waals surface area contributed by atoms with Crippen molar-refractivity contribution in [1.82, 2.24) is 20.4 Å². The fourth-order valence-electron chi connectivity index (χ4n) is 3.97. The van der Waals surface area contributed by atoms with E-state index in [0.29, 0.717) is 37.6 Å². The van der Waals surface area contributed by atoms with Crippen molar-refractivity contribution in [3.8, 4) is 0 Å². The summed E-state index contributed by atoms with van der Waals surface area (Å²) in [5, 5.41) is 6.38. The van der Waals surface area contributed by atoms with E-state index in [9.17, 15) is 18.0 Å². The standard InChI is InChI=1S/C21H30F3N5O.HI/c1-25-20(27-18-9-12-28(14-18)15-21(22,23)24)26-13-16-5-7-17(8-6-16)19(30)29-10-3-2-4-11-29;/h5-8,18H,2-4,9-15H2,1H3,(H2,25,26,27);1H. The molecule has 2 saturated heterocycles. The number of hydrogen-bond acceptors (Lipinski definition) is 3. The molecule has 0 saturated carbocycles. The molecule has 31 heavy (non-hydrogen) atoms. The highest BCUT2D eigenvalue weighted by atomic mass is 127. The summed E-state index contributed by atoms with van der Waals surface area (Å²) in [4.78, 5) is 20.0. The fourth-order valence-corrected chi connectivity index (χ4v) is 3.97. The highest BCUT2D eigenvalue weighted by Crippen LogP contribution is 2.20. The molecule has 2 heterocycles. The lowest BCUT2D eigenvalue weighted by Crippen LogP contribution is -2.44. The van der Waals surface area contributed by atoms with E-state index < -0.39 is 12.7 Å². The van der Waals surface area contributed by atoms with E-state index >= 15 is 0 Å². The Kier molecular flexibility index (Phi) is 9.86. The summed E-state index contributed by atoms with van der Waals surface area (Å²) in [7, 11) is 1.64. The molecule has 10 heteroatoms. The third kappa shape index (κ3) is 8.13. The number of nitrogens with zero attached hydrogens (tertiary/aromatic N) is 3. The topological polar surface area (TPSA) is 60.0 Å². The molecule has 0 bridgehead atoms. The van der Waals surface area contributed by atoms with Crippen LogP contribution in [0.1, 0.15) is 41.6 Å². The Morgan fingerprint density at radius 1 is 1.13 bits per heavy atom. The molecule has 1 aromatic carbocycles. The summed E-state index contributed by atoms with van der Waals surface area (Å²) in [5.41, 5.74) is 1.69. The molecule has 2 fully saturated rings. The van der Waals surface area contributed by atoms with Crippen LogP contribution in [0.5, 0.6) is 0 Å². The van der Waals surface area contributed by atoms with E-state index in [0.717, 1.165) is 31.5 Å². The van der Waals surface area contributed by atoms with E-state index in [2.05, 4.69) is 15.6 Å². The summed E-state index contributed by atoms with van der Waals surface area (Å²) in [5.74, 6) is 0.638. The van der Waals surface area contributed by atoms with E-state index in [4.69, 9.17) is 0 Å². The first-order valence-electron chi connectivity index (χ1n) is 10.5. The number of halogens is 4. The van der Waals surface area contributed by atoms with Crippen molar-refractivity contribution < 1.29 is 18.0 Å². The minimum atomic E-state index is -4.17. The molecule has 1 unspecified atom stereocenters. The maximum atomic E-state index is 12.5. The third-order valence-corrected chi connectivity index (χ3v) is 5.54. The number of aliphatic imine (C=N–C) groups is 1. The number of carbonyl (C=O) groups is 1. The molecule has 3 rings (SSSR count). The van der Waals surface area contributed by atoms with Crippen LogP contribution in [0.15, 0.2) is 29.3 Å². The van der Waals surface area contributed by atoms with Gasteiger partial charge in [0.05, 0.1) is 6.54 Å². The predicted octanol–water partition coefficient (Wildman–Crippen LogP) is 3.23. The van der Waals surface area contributed by atoms with Crippen molar-refractivity contribution in [3.05, 3.63) is 35.4 Å². The van der Waals surface area contributed by atoms with Gasteiger partial charge in [-0.25, -0.2) is 0 Å². The van der Waals surface area contributed by atoms with Gasteiger partial charge < -0.3 is 15.5 Å².